The summed E-state index contributed by atoms with van der Waals surface area (Å²) in [5.74, 6) is 1.09. The van der Waals surface area contributed by atoms with Crippen LogP contribution in [0.15, 0.2) is 47.6 Å². The Hall–Kier alpha value is -3.46. The Morgan fingerprint density at radius 3 is 2.52 bits per heavy atom. The number of hydrogen-bond donors (Lipinski definition) is 1. The molecule has 0 radical (unpaired) electrons. The van der Waals surface area contributed by atoms with Crippen LogP contribution in [0.5, 0.6) is 11.5 Å². The molecule has 1 aliphatic rings. The highest BCUT2D eigenvalue weighted by Gasteiger charge is 2.24. The number of hydrogen-bond acceptors (Lipinski definition) is 7. The number of amides is 1. The third kappa shape index (κ3) is 6.02. The van der Waals surface area contributed by atoms with Crippen LogP contribution >= 0.6 is 0 Å². The molecule has 1 aliphatic heterocycles. The normalized spacial score (nSPS) is 15.0. The van der Waals surface area contributed by atoms with Gasteiger partial charge in [-0.3, -0.25) is 19.8 Å². The summed E-state index contributed by atoms with van der Waals surface area (Å²) in [6, 6.07) is 12.0. The van der Waals surface area contributed by atoms with E-state index >= 15 is 0 Å². The fraction of sp³-hybridized carbons (Fsp3) is 0.364. The lowest BCUT2D eigenvalue weighted by molar-refractivity contribution is -0.384. The lowest BCUT2D eigenvalue weighted by atomic mass is 9.96. The second kappa shape index (κ2) is 10.5. The lowest BCUT2D eigenvalue weighted by Gasteiger charge is -2.30. The average molecular weight is 426 g/mol. The third-order valence-corrected chi connectivity index (χ3v) is 5.33. The predicted molar refractivity (Wildman–Crippen MR) is 116 cm³/mol. The van der Waals surface area contributed by atoms with Gasteiger partial charge in [-0.2, -0.15) is 5.10 Å². The van der Waals surface area contributed by atoms with E-state index in [0.29, 0.717) is 18.0 Å². The number of piperidine rings is 1. The number of nitrogens with zero attached hydrogens (tertiary/aromatic N) is 3. The van der Waals surface area contributed by atoms with Crippen LogP contribution in [0, 0.1) is 16.0 Å². The molecule has 0 bridgehead atoms. The molecule has 1 N–H and O–H groups in total. The molecule has 0 aliphatic carbocycles. The van der Waals surface area contributed by atoms with Crippen LogP contribution in [0.2, 0.25) is 0 Å². The van der Waals surface area contributed by atoms with E-state index in [1.807, 2.05) is 6.07 Å². The van der Waals surface area contributed by atoms with Gasteiger partial charge in [-0.1, -0.05) is 12.1 Å². The molecule has 0 atom stereocenters. The maximum Gasteiger partial charge on any atom is 0.269 e. The molecule has 164 valence electrons. The van der Waals surface area contributed by atoms with E-state index < -0.39 is 4.92 Å². The summed E-state index contributed by atoms with van der Waals surface area (Å²) < 4.78 is 10.5. The Balaban J connectivity index is 1.47. The van der Waals surface area contributed by atoms with Gasteiger partial charge in [0.2, 0.25) is 5.91 Å². The van der Waals surface area contributed by atoms with Crippen molar-refractivity contribution in [2.24, 2.45) is 11.0 Å². The molecule has 1 amide bonds. The van der Waals surface area contributed by atoms with Crippen LogP contribution in [0.3, 0.4) is 0 Å². The summed E-state index contributed by atoms with van der Waals surface area (Å²) in [5, 5.41) is 14.8. The summed E-state index contributed by atoms with van der Waals surface area (Å²) in [6.07, 6.45) is 3.03. The van der Waals surface area contributed by atoms with Gasteiger partial charge in [-0.25, -0.2) is 5.43 Å². The lowest BCUT2D eigenvalue weighted by Crippen LogP contribution is -2.39. The number of ether oxygens (including phenoxy) is 2. The summed E-state index contributed by atoms with van der Waals surface area (Å²) in [5.41, 5.74) is 4.47. The second-order valence-corrected chi connectivity index (χ2v) is 7.32. The molecule has 2 aromatic carbocycles. The van der Waals surface area contributed by atoms with Gasteiger partial charge in [-0.15, -0.1) is 0 Å². The van der Waals surface area contributed by atoms with E-state index in [4.69, 9.17) is 9.47 Å². The minimum Gasteiger partial charge on any atom is -0.497 e. The molecule has 1 saturated heterocycles. The van der Waals surface area contributed by atoms with Crippen molar-refractivity contribution < 1.29 is 19.2 Å². The summed E-state index contributed by atoms with van der Waals surface area (Å²) in [6.45, 7) is 2.28. The molecule has 0 unspecified atom stereocenters. The van der Waals surface area contributed by atoms with Gasteiger partial charge in [0.1, 0.15) is 11.5 Å². The molecule has 2 aromatic rings. The van der Waals surface area contributed by atoms with Gasteiger partial charge in [0.05, 0.1) is 25.4 Å². The minimum absolute atomic E-state index is 0.0898. The average Bonchev–Trinajstić information content (AvgIpc) is 2.80. The van der Waals surface area contributed by atoms with Crippen molar-refractivity contribution in [3.63, 3.8) is 0 Å². The topological polar surface area (TPSA) is 106 Å². The minimum atomic E-state index is -0.402. The molecular formula is C22H26N4O5. The first-order chi connectivity index (χ1) is 15.0. The number of non-ortho nitro benzene ring substituents is 1. The van der Waals surface area contributed by atoms with Gasteiger partial charge in [0.15, 0.2) is 0 Å². The highest BCUT2D eigenvalue weighted by Crippen LogP contribution is 2.23. The molecule has 0 spiro atoms. The third-order valence-electron chi connectivity index (χ3n) is 5.33. The number of hydrazone groups is 1. The van der Waals surface area contributed by atoms with Crippen LogP contribution < -0.4 is 14.9 Å². The number of carbonyl (C=O) groups excluding carboxylic acids is 1. The van der Waals surface area contributed by atoms with Crippen molar-refractivity contribution in [2.75, 3.05) is 27.3 Å². The summed E-state index contributed by atoms with van der Waals surface area (Å²) in [4.78, 5) is 25.0. The van der Waals surface area contributed by atoms with Gasteiger partial charge in [0, 0.05) is 36.2 Å². The maximum atomic E-state index is 12.5. The standard InChI is InChI=1S/C22H26N4O5/c1-30-20-8-5-18(21(13-20)31-2)14-23-24-22(27)17-9-11-25(12-10-17)15-16-3-6-19(7-4-16)26(28)29/h3-8,13-14,17H,9-12,15H2,1-2H3,(H,24,27)/b23-14+. The van der Waals surface area contributed by atoms with Crippen LogP contribution in [-0.2, 0) is 11.3 Å². The van der Waals surface area contributed by atoms with E-state index in [2.05, 4.69) is 15.4 Å². The van der Waals surface area contributed by atoms with Crippen molar-refractivity contribution in [3.05, 3.63) is 63.7 Å². The molecule has 1 heterocycles. The number of methoxy groups -OCH3 is 2. The van der Waals surface area contributed by atoms with Crippen molar-refractivity contribution in [3.8, 4) is 11.5 Å². The Labute approximate surface area is 180 Å². The molecule has 9 nitrogen and oxygen atoms in total. The number of rotatable bonds is 8. The zero-order valence-corrected chi connectivity index (χ0v) is 17.6. The number of nitro groups is 1. The van der Waals surface area contributed by atoms with Crippen LogP contribution in [0.4, 0.5) is 5.69 Å². The first-order valence-corrected chi connectivity index (χ1v) is 10.0. The number of likely N-dealkylation sites (tertiary alicyclic amines) is 1. The fourth-order valence-electron chi connectivity index (χ4n) is 3.52. The summed E-state index contributed by atoms with van der Waals surface area (Å²) >= 11 is 0. The van der Waals surface area contributed by atoms with Crippen molar-refractivity contribution in [2.45, 2.75) is 19.4 Å². The number of benzene rings is 2. The quantitative estimate of drug-likeness (QED) is 0.395. The van der Waals surface area contributed by atoms with Crippen LogP contribution in [0.25, 0.3) is 0 Å². The molecule has 9 heteroatoms. The molecule has 0 aromatic heterocycles. The molecular weight excluding hydrogens is 400 g/mol. The zero-order valence-electron chi connectivity index (χ0n) is 17.6. The number of carbonyl (C=O) groups is 1. The SMILES string of the molecule is COc1ccc(/C=N/NC(=O)C2CCN(Cc3ccc([N+](=O)[O-])cc3)CC2)c(OC)c1. The first kappa shape index (κ1) is 22.2. The fourth-order valence-corrected chi connectivity index (χ4v) is 3.52. The second-order valence-electron chi connectivity index (χ2n) is 7.32. The van der Waals surface area contributed by atoms with E-state index in [1.54, 1.807) is 44.7 Å². The van der Waals surface area contributed by atoms with Gasteiger partial charge < -0.3 is 9.47 Å². The van der Waals surface area contributed by atoms with Crippen LogP contribution in [0.1, 0.15) is 24.0 Å². The van der Waals surface area contributed by atoms with Crippen LogP contribution in [-0.4, -0.2) is 49.3 Å². The molecule has 3 rings (SSSR count). The van der Waals surface area contributed by atoms with Gasteiger partial charge in [-0.05, 0) is 43.6 Å². The number of nitrogens with one attached hydrogen (secondary N) is 1. The van der Waals surface area contributed by atoms with Gasteiger partial charge >= 0.3 is 0 Å². The Morgan fingerprint density at radius 1 is 1.19 bits per heavy atom. The Kier molecular flexibility index (Phi) is 7.55. The monoisotopic (exact) mass is 426 g/mol. The van der Waals surface area contributed by atoms with E-state index in [0.717, 1.165) is 37.1 Å². The van der Waals surface area contributed by atoms with Crippen molar-refractivity contribution >= 4 is 17.8 Å². The van der Waals surface area contributed by atoms with Crippen molar-refractivity contribution in [1.82, 2.24) is 10.3 Å². The predicted octanol–water partition coefficient (Wildman–Crippen LogP) is 2.97. The summed E-state index contributed by atoms with van der Waals surface area (Å²) in [7, 11) is 3.15. The smallest absolute Gasteiger partial charge is 0.269 e. The number of nitro benzene ring substituents is 1. The van der Waals surface area contributed by atoms with E-state index in [1.165, 1.54) is 12.1 Å². The molecule has 31 heavy (non-hydrogen) atoms. The molecule has 1 fully saturated rings. The van der Waals surface area contributed by atoms with Gasteiger partial charge in [0.25, 0.3) is 5.69 Å². The molecule has 0 saturated carbocycles. The first-order valence-electron chi connectivity index (χ1n) is 10.0. The van der Waals surface area contributed by atoms with E-state index in [9.17, 15) is 14.9 Å². The van der Waals surface area contributed by atoms with Crippen molar-refractivity contribution in [1.29, 1.82) is 0 Å². The Morgan fingerprint density at radius 2 is 1.90 bits per heavy atom. The Bertz CT molecular complexity index is 937. The highest BCUT2D eigenvalue weighted by atomic mass is 16.6. The van der Waals surface area contributed by atoms with E-state index in [-0.39, 0.29) is 17.5 Å². The highest BCUT2D eigenvalue weighted by molar-refractivity contribution is 5.86. The zero-order chi connectivity index (χ0) is 22.2. The maximum absolute atomic E-state index is 12.5. The largest absolute Gasteiger partial charge is 0.497 e.